The first kappa shape index (κ1) is 34.0. The summed E-state index contributed by atoms with van der Waals surface area (Å²) in [7, 11) is 1.73. The minimum Gasteiger partial charge on any atom is -0.481 e. The number of ether oxygens (including phenoxy) is 1. The van der Waals surface area contributed by atoms with Crippen molar-refractivity contribution in [2.75, 3.05) is 37.0 Å². The number of benzene rings is 4. The smallest absolute Gasteiger partial charge is 0.303 e. The lowest BCUT2D eigenvalue weighted by molar-refractivity contribution is -0.137. The van der Waals surface area contributed by atoms with Crippen LogP contribution in [0.3, 0.4) is 0 Å². The number of carbonyl (C=O) groups is 1. The molecule has 0 aromatic heterocycles. The van der Waals surface area contributed by atoms with Crippen LogP contribution >= 0.6 is 0 Å². The maximum Gasteiger partial charge on any atom is 0.303 e. The first-order chi connectivity index (χ1) is 22.6. The lowest BCUT2D eigenvalue weighted by atomic mass is 9.78. The molecule has 1 aliphatic heterocycles. The van der Waals surface area contributed by atoms with Crippen molar-refractivity contribution in [1.29, 1.82) is 0 Å². The average Bonchev–Trinajstić information content (AvgIpc) is 3.27. The first-order valence-electron chi connectivity index (χ1n) is 17.0. The van der Waals surface area contributed by atoms with E-state index >= 15 is 0 Å². The van der Waals surface area contributed by atoms with Crippen LogP contribution in [0.2, 0.25) is 0 Å². The normalized spacial score (nSPS) is 15.4. The Bertz CT molecular complexity index is 1800. The van der Waals surface area contributed by atoms with E-state index in [0.29, 0.717) is 13.0 Å². The van der Waals surface area contributed by atoms with E-state index in [1.165, 1.54) is 44.1 Å². The second kappa shape index (κ2) is 15.0. The largest absolute Gasteiger partial charge is 0.481 e. The Morgan fingerprint density at radius 2 is 1.60 bits per heavy atom. The van der Waals surface area contributed by atoms with Gasteiger partial charge in [-0.15, -0.1) is 0 Å². The third-order valence-electron chi connectivity index (χ3n) is 9.49. The first-order valence-corrected chi connectivity index (χ1v) is 17.0. The number of hydrogen-bond acceptors (Lipinski definition) is 4. The standard InChI is InChI=1S/C42H50N2O3/c1-41(2,39-33-19-13-11-17-31(33)23-25-35(39)43-28-30-47-5)27-15-7-6-9-21-37-42(3,4)40-34-20-14-12-18-32(34)24-26-36(40)44(37)29-16-8-10-22-38(45)46/h6-7,9,11-15,17-21,23-26,43H,8,10,16,22,27-30H2,1-5H3,(H,45,46)/b9-6+,15-7+,37-21+. The van der Waals surface area contributed by atoms with Crippen molar-refractivity contribution in [1.82, 2.24) is 0 Å². The number of allylic oxidation sites excluding steroid dienone is 6. The van der Waals surface area contributed by atoms with Crippen molar-refractivity contribution in [2.45, 2.75) is 70.6 Å². The Morgan fingerprint density at radius 1 is 0.894 bits per heavy atom. The maximum atomic E-state index is 11.0. The van der Waals surface area contributed by atoms with E-state index in [1.54, 1.807) is 7.11 Å². The van der Waals surface area contributed by atoms with E-state index in [4.69, 9.17) is 9.84 Å². The number of methoxy groups -OCH3 is 1. The fourth-order valence-electron chi connectivity index (χ4n) is 7.19. The lowest BCUT2D eigenvalue weighted by Crippen LogP contribution is -2.27. The molecule has 0 fully saturated rings. The zero-order valence-electron chi connectivity index (χ0n) is 28.7. The number of aliphatic carboxylic acids is 1. The van der Waals surface area contributed by atoms with Crippen molar-refractivity contribution >= 4 is 38.9 Å². The predicted octanol–water partition coefficient (Wildman–Crippen LogP) is 10.2. The Balaban J connectivity index is 1.37. The number of carboxylic acids is 1. The van der Waals surface area contributed by atoms with Crippen LogP contribution in [0.25, 0.3) is 21.5 Å². The van der Waals surface area contributed by atoms with Crippen molar-refractivity contribution in [3.05, 3.63) is 120 Å². The Hall–Kier alpha value is -4.35. The van der Waals surface area contributed by atoms with Gasteiger partial charge in [-0.2, -0.15) is 0 Å². The summed E-state index contributed by atoms with van der Waals surface area (Å²) in [6.07, 6.45) is 14.7. The van der Waals surface area contributed by atoms with Gasteiger partial charge in [-0.3, -0.25) is 4.79 Å². The Morgan fingerprint density at radius 3 is 2.34 bits per heavy atom. The van der Waals surface area contributed by atoms with Crippen LogP contribution in [0, 0.1) is 0 Å². The highest BCUT2D eigenvalue weighted by molar-refractivity contribution is 5.95. The van der Waals surface area contributed by atoms with Gasteiger partial charge in [-0.05, 0) is 75.6 Å². The van der Waals surface area contributed by atoms with Gasteiger partial charge in [0.15, 0.2) is 0 Å². The summed E-state index contributed by atoms with van der Waals surface area (Å²) < 4.78 is 5.30. The molecule has 0 spiro atoms. The van der Waals surface area contributed by atoms with Gasteiger partial charge in [-0.25, -0.2) is 0 Å². The summed E-state index contributed by atoms with van der Waals surface area (Å²) in [5, 5.41) is 17.8. The number of hydrogen-bond donors (Lipinski definition) is 2. The van der Waals surface area contributed by atoms with Gasteiger partial charge >= 0.3 is 5.97 Å². The number of unbranched alkanes of at least 4 members (excludes halogenated alkanes) is 2. The van der Waals surface area contributed by atoms with Gasteiger partial charge < -0.3 is 20.1 Å². The number of rotatable bonds is 15. The molecule has 5 nitrogen and oxygen atoms in total. The molecule has 0 aliphatic carbocycles. The van der Waals surface area contributed by atoms with Gasteiger partial charge in [0.25, 0.3) is 0 Å². The number of nitrogens with zero attached hydrogens (tertiary/aromatic N) is 1. The van der Waals surface area contributed by atoms with Gasteiger partial charge in [0.2, 0.25) is 0 Å². The van der Waals surface area contributed by atoms with Gasteiger partial charge in [0.05, 0.1) is 6.61 Å². The maximum absolute atomic E-state index is 11.0. The minimum absolute atomic E-state index is 0.0906. The van der Waals surface area contributed by atoms with Crippen LogP contribution in [0.15, 0.2) is 109 Å². The zero-order chi connectivity index (χ0) is 33.4. The van der Waals surface area contributed by atoms with Crippen molar-refractivity contribution < 1.29 is 14.6 Å². The summed E-state index contributed by atoms with van der Waals surface area (Å²) in [6.45, 7) is 11.6. The van der Waals surface area contributed by atoms with Crippen LogP contribution < -0.4 is 10.2 Å². The molecule has 0 unspecified atom stereocenters. The molecular weight excluding hydrogens is 580 g/mol. The molecule has 1 heterocycles. The SMILES string of the molecule is COCCNc1ccc2ccccc2c1C(C)(C)C/C=C/C=C/C=C1/N(CCCCCC(=O)O)c2ccc3ccccc3c2C1(C)C. The molecule has 0 saturated carbocycles. The van der Waals surface area contributed by atoms with E-state index in [9.17, 15) is 4.79 Å². The monoisotopic (exact) mass is 630 g/mol. The fourth-order valence-corrected chi connectivity index (χ4v) is 7.19. The molecule has 4 aromatic rings. The van der Waals surface area contributed by atoms with Crippen LogP contribution in [-0.2, 0) is 20.4 Å². The quantitative estimate of drug-likeness (QED) is 0.101. The van der Waals surface area contributed by atoms with Gasteiger partial charge in [-0.1, -0.05) is 119 Å². The molecule has 0 radical (unpaired) electrons. The number of carboxylic acid groups (broad SMARTS) is 1. The minimum atomic E-state index is -0.720. The molecule has 4 aromatic carbocycles. The summed E-state index contributed by atoms with van der Waals surface area (Å²) in [5.41, 5.74) is 6.13. The average molecular weight is 631 g/mol. The molecule has 47 heavy (non-hydrogen) atoms. The molecule has 5 heteroatoms. The summed E-state index contributed by atoms with van der Waals surface area (Å²) in [4.78, 5) is 13.5. The molecule has 5 rings (SSSR count). The van der Waals surface area contributed by atoms with E-state index in [0.717, 1.165) is 38.0 Å². The van der Waals surface area contributed by atoms with Crippen LogP contribution in [0.4, 0.5) is 11.4 Å². The van der Waals surface area contributed by atoms with E-state index in [2.05, 4.69) is 141 Å². The molecule has 1 aliphatic rings. The molecule has 0 amide bonds. The second-order valence-electron chi connectivity index (χ2n) is 13.7. The lowest BCUT2D eigenvalue weighted by Gasteiger charge is -2.29. The molecule has 2 N–H and O–H groups in total. The highest BCUT2D eigenvalue weighted by atomic mass is 16.5. The number of anilines is 2. The third kappa shape index (κ3) is 7.63. The summed E-state index contributed by atoms with van der Waals surface area (Å²) >= 11 is 0. The summed E-state index contributed by atoms with van der Waals surface area (Å²) in [6, 6.07) is 26.2. The van der Waals surface area contributed by atoms with E-state index in [-0.39, 0.29) is 17.3 Å². The van der Waals surface area contributed by atoms with Crippen LogP contribution in [-0.4, -0.2) is 37.9 Å². The topological polar surface area (TPSA) is 61.8 Å². The van der Waals surface area contributed by atoms with E-state index < -0.39 is 5.97 Å². The van der Waals surface area contributed by atoms with Crippen LogP contribution in [0.1, 0.15) is 70.9 Å². The van der Waals surface area contributed by atoms with E-state index in [1.807, 2.05) is 0 Å². The number of fused-ring (bicyclic) bond motifs is 4. The fraction of sp³-hybridized carbons (Fsp3) is 0.357. The van der Waals surface area contributed by atoms with Crippen molar-refractivity contribution in [3.8, 4) is 0 Å². The molecule has 246 valence electrons. The molecule has 0 bridgehead atoms. The molecule has 0 saturated heterocycles. The molecule has 0 atom stereocenters. The van der Waals surface area contributed by atoms with Gasteiger partial charge in [0, 0.05) is 49.1 Å². The van der Waals surface area contributed by atoms with Crippen molar-refractivity contribution in [3.63, 3.8) is 0 Å². The van der Waals surface area contributed by atoms with Crippen molar-refractivity contribution in [2.24, 2.45) is 0 Å². The Kier molecular flexibility index (Phi) is 10.9. The van der Waals surface area contributed by atoms with Gasteiger partial charge in [0.1, 0.15) is 0 Å². The zero-order valence-corrected chi connectivity index (χ0v) is 28.7. The second-order valence-corrected chi connectivity index (χ2v) is 13.7. The third-order valence-corrected chi connectivity index (χ3v) is 9.49. The number of nitrogens with one attached hydrogen (secondary N) is 1. The molecular formula is C42H50N2O3. The van der Waals surface area contributed by atoms with Crippen LogP contribution in [0.5, 0.6) is 0 Å². The highest BCUT2D eigenvalue weighted by Gasteiger charge is 2.40. The summed E-state index contributed by atoms with van der Waals surface area (Å²) in [5.74, 6) is -0.720. The predicted molar refractivity (Wildman–Crippen MR) is 199 cm³/mol. The Labute approximate surface area is 280 Å². The highest BCUT2D eigenvalue weighted by Crippen LogP contribution is 2.50.